The molecule has 0 amide bonds. The van der Waals surface area contributed by atoms with Crippen LogP contribution in [0.3, 0.4) is 0 Å². The quantitative estimate of drug-likeness (QED) is 0.201. The van der Waals surface area contributed by atoms with Crippen molar-refractivity contribution in [2.75, 3.05) is 81.1 Å². The van der Waals surface area contributed by atoms with Crippen molar-refractivity contribution < 1.29 is 65.1 Å². The van der Waals surface area contributed by atoms with Gasteiger partial charge in [0.25, 0.3) is 0 Å². The van der Waals surface area contributed by atoms with Gasteiger partial charge in [-0.3, -0.25) is 14.4 Å². The lowest BCUT2D eigenvalue weighted by Crippen LogP contribution is -3.00. The molecule has 0 heterocycles. The van der Waals surface area contributed by atoms with Crippen LogP contribution in [0, 0.1) is 0 Å². The lowest BCUT2D eigenvalue weighted by Gasteiger charge is -2.36. The largest absolute Gasteiger partial charge is 1.00 e. The summed E-state index contributed by atoms with van der Waals surface area (Å²) >= 11 is 0. The molecule has 6 nitrogen and oxygen atoms in total. The van der Waals surface area contributed by atoms with Gasteiger partial charge in [0.2, 0.25) is 0 Å². The third-order valence-electron chi connectivity index (χ3n) is 4.58. The Labute approximate surface area is 177 Å². The van der Waals surface area contributed by atoms with E-state index in [0.29, 0.717) is 28.6 Å². The number of carbonyl (C=O) groups excluding carboxylic acids is 3. The fourth-order valence-corrected chi connectivity index (χ4v) is 2.82. The Hall–Kier alpha value is -0.240. The summed E-state index contributed by atoms with van der Waals surface area (Å²) in [7, 11) is 10.3. The van der Waals surface area contributed by atoms with Gasteiger partial charge in [0.15, 0.2) is 18.9 Å². The first kappa shape index (κ1) is 33.4. The molecule has 0 aliphatic carbocycles. The summed E-state index contributed by atoms with van der Waals surface area (Å²) in [5, 5.41) is 0. The number of carbonyl (C=O) groups is 3. The van der Waals surface area contributed by atoms with E-state index in [0.717, 1.165) is 62.4 Å². The standard InChI is InChI=1S/C17H36N3O3.3ClH/c1-18(2,12-15-21)8-6-10-20(5,14-17-23)11-7-9-19(3,4)13-16-22;;;/h15-17H,6-14H2,1-5H3;3*1H/q+3;;;/p-3. The Bertz CT molecular complexity index is 367. The Morgan fingerprint density at radius 2 is 0.846 bits per heavy atom. The number of nitrogens with zero attached hydrogens (tertiary/aromatic N) is 3. The van der Waals surface area contributed by atoms with Crippen LogP contribution in [0.2, 0.25) is 0 Å². The third kappa shape index (κ3) is 16.0. The average Bonchev–Trinajstić information content (AvgIpc) is 2.37. The summed E-state index contributed by atoms with van der Waals surface area (Å²) in [5.41, 5.74) is 0. The Kier molecular flexibility index (Phi) is 20.2. The van der Waals surface area contributed by atoms with Gasteiger partial charge in [-0.2, -0.15) is 0 Å². The molecule has 0 rings (SSSR count). The zero-order chi connectivity index (χ0) is 18.0. The first-order valence-electron chi connectivity index (χ1n) is 8.38. The molecular weight excluding hydrogens is 401 g/mol. The second-order valence-electron chi connectivity index (χ2n) is 8.14. The van der Waals surface area contributed by atoms with Gasteiger partial charge < -0.3 is 50.7 Å². The minimum Gasteiger partial charge on any atom is -1.00 e. The van der Waals surface area contributed by atoms with E-state index in [4.69, 9.17) is 0 Å². The molecule has 0 unspecified atom stereocenters. The topological polar surface area (TPSA) is 51.2 Å². The molecule has 0 saturated carbocycles. The molecule has 0 bridgehead atoms. The van der Waals surface area contributed by atoms with E-state index in [2.05, 4.69) is 35.2 Å². The number of halogens is 3. The second-order valence-corrected chi connectivity index (χ2v) is 8.14. The number of aldehydes is 3. The number of quaternary nitrogens is 3. The maximum atomic E-state index is 11.0. The molecule has 158 valence electrons. The summed E-state index contributed by atoms with van der Waals surface area (Å²) in [4.78, 5) is 32.4. The van der Waals surface area contributed by atoms with Crippen LogP contribution in [0.5, 0.6) is 0 Å². The van der Waals surface area contributed by atoms with Crippen molar-refractivity contribution in [2.24, 2.45) is 0 Å². The number of hydrogen-bond donors (Lipinski definition) is 0. The zero-order valence-corrected chi connectivity index (χ0v) is 19.1. The first-order valence-corrected chi connectivity index (χ1v) is 8.38. The fourth-order valence-electron chi connectivity index (χ4n) is 2.82. The minimum atomic E-state index is 0. The van der Waals surface area contributed by atoms with Gasteiger partial charge in [-0.15, -0.1) is 0 Å². The molecule has 0 saturated heterocycles. The first-order chi connectivity index (χ1) is 10.6. The van der Waals surface area contributed by atoms with Gasteiger partial charge in [-0.25, -0.2) is 0 Å². The summed E-state index contributed by atoms with van der Waals surface area (Å²) in [6.45, 7) is 5.28. The fraction of sp³-hybridized carbons (Fsp3) is 0.824. The molecule has 0 radical (unpaired) electrons. The molecule has 0 aromatic heterocycles. The zero-order valence-electron chi connectivity index (χ0n) is 16.8. The van der Waals surface area contributed by atoms with E-state index in [1.807, 2.05) is 0 Å². The summed E-state index contributed by atoms with van der Waals surface area (Å²) in [6.07, 6.45) is 4.89. The minimum absolute atomic E-state index is 0. The van der Waals surface area contributed by atoms with Crippen LogP contribution in [-0.4, -0.2) is 113 Å². The third-order valence-corrected chi connectivity index (χ3v) is 4.58. The molecule has 0 spiro atoms. The second kappa shape index (κ2) is 15.8. The van der Waals surface area contributed by atoms with Crippen molar-refractivity contribution in [1.82, 2.24) is 0 Å². The van der Waals surface area contributed by atoms with E-state index in [1.165, 1.54) is 0 Å². The van der Waals surface area contributed by atoms with Crippen LogP contribution in [0.15, 0.2) is 0 Å². The summed E-state index contributed by atoms with van der Waals surface area (Å²) in [6, 6.07) is 0. The van der Waals surface area contributed by atoms with Crippen molar-refractivity contribution in [2.45, 2.75) is 12.8 Å². The predicted molar refractivity (Wildman–Crippen MR) is 91.9 cm³/mol. The van der Waals surface area contributed by atoms with Gasteiger partial charge in [0.05, 0.1) is 61.4 Å². The molecule has 26 heavy (non-hydrogen) atoms. The van der Waals surface area contributed by atoms with E-state index in [9.17, 15) is 14.4 Å². The van der Waals surface area contributed by atoms with Crippen LogP contribution in [-0.2, 0) is 14.4 Å². The Balaban J connectivity index is -0.000000807. The Morgan fingerprint density at radius 1 is 0.538 bits per heavy atom. The molecule has 0 fully saturated rings. The highest BCUT2D eigenvalue weighted by Crippen LogP contribution is 2.09. The Morgan fingerprint density at radius 3 is 1.12 bits per heavy atom. The summed E-state index contributed by atoms with van der Waals surface area (Å²) < 4.78 is 2.10. The highest BCUT2D eigenvalue weighted by molar-refractivity contribution is 5.50. The van der Waals surface area contributed by atoms with Crippen molar-refractivity contribution in [3.8, 4) is 0 Å². The number of likely N-dealkylation sites (N-methyl/N-ethyl adjacent to an activating group) is 3. The highest BCUT2D eigenvalue weighted by atomic mass is 35.5. The van der Waals surface area contributed by atoms with Crippen molar-refractivity contribution in [3.63, 3.8) is 0 Å². The number of hydrogen-bond acceptors (Lipinski definition) is 3. The SMILES string of the molecule is C[N+](C)(CC=O)CCC[N+](C)(CC=O)CCC[N+](C)(C)CC=O.[Cl-].[Cl-].[Cl-]. The molecule has 0 aliphatic heterocycles. The lowest BCUT2D eigenvalue weighted by atomic mass is 10.2. The van der Waals surface area contributed by atoms with Crippen LogP contribution in [0.4, 0.5) is 0 Å². The monoisotopic (exact) mass is 435 g/mol. The van der Waals surface area contributed by atoms with Crippen molar-refractivity contribution in [1.29, 1.82) is 0 Å². The predicted octanol–water partition coefficient (Wildman–Crippen LogP) is -9.03. The molecule has 0 atom stereocenters. The molecule has 0 aromatic rings. The van der Waals surface area contributed by atoms with Crippen LogP contribution < -0.4 is 37.2 Å². The smallest absolute Gasteiger partial charge is 0.174 e. The molecule has 0 aliphatic rings. The number of rotatable bonds is 14. The maximum absolute atomic E-state index is 11.0. The van der Waals surface area contributed by atoms with E-state index >= 15 is 0 Å². The normalized spacial score (nSPS) is 11.4. The van der Waals surface area contributed by atoms with Gasteiger partial charge in [0, 0.05) is 12.8 Å². The van der Waals surface area contributed by atoms with Crippen LogP contribution in [0.1, 0.15) is 12.8 Å². The lowest BCUT2D eigenvalue weighted by molar-refractivity contribution is -0.919. The van der Waals surface area contributed by atoms with Gasteiger partial charge in [0.1, 0.15) is 19.6 Å². The van der Waals surface area contributed by atoms with E-state index in [-0.39, 0.29) is 37.2 Å². The van der Waals surface area contributed by atoms with Crippen LogP contribution in [0.25, 0.3) is 0 Å². The van der Waals surface area contributed by atoms with Gasteiger partial charge in [-0.05, 0) is 0 Å². The van der Waals surface area contributed by atoms with E-state index in [1.54, 1.807) is 0 Å². The van der Waals surface area contributed by atoms with Gasteiger partial charge >= 0.3 is 0 Å². The maximum Gasteiger partial charge on any atom is 0.174 e. The average molecular weight is 437 g/mol. The summed E-state index contributed by atoms with van der Waals surface area (Å²) in [5.74, 6) is 0. The van der Waals surface area contributed by atoms with Crippen molar-refractivity contribution in [3.05, 3.63) is 0 Å². The van der Waals surface area contributed by atoms with Crippen LogP contribution >= 0.6 is 0 Å². The molecular formula is C17H36Cl3N3O3. The molecule has 0 N–H and O–H groups in total. The molecule has 0 aromatic carbocycles. The van der Waals surface area contributed by atoms with Crippen molar-refractivity contribution >= 4 is 18.9 Å². The van der Waals surface area contributed by atoms with Gasteiger partial charge in [-0.1, -0.05) is 0 Å². The highest BCUT2D eigenvalue weighted by Gasteiger charge is 2.25. The van der Waals surface area contributed by atoms with E-state index < -0.39 is 0 Å². The molecule has 9 heteroatoms.